The molecule has 1 aliphatic rings. The zero-order valence-corrected chi connectivity index (χ0v) is 18.8. The highest BCUT2D eigenvalue weighted by molar-refractivity contribution is 5.88. The average Bonchev–Trinajstić information content (AvgIpc) is 2.80. The van der Waals surface area contributed by atoms with E-state index in [2.05, 4.69) is 11.7 Å². The summed E-state index contributed by atoms with van der Waals surface area (Å²) in [7, 11) is 0. The highest BCUT2D eigenvalue weighted by Gasteiger charge is 2.34. The van der Waals surface area contributed by atoms with Gasteiger partial charge < -0.3 is 4.74 Å². The quantitative estimate of drug-likeness (QED) is 0.320. The van der Waals surface area contributed by atoms with Gasteiger partial charge in [-0.05, 0) is 53.3 Å². The van der Waals surface area contributed by atoms with Crippen molar-refractivity contribution in [2.45, 2.75) is 58.2 Å². The van der Waals surface area contributed by atoms with Gasteiger partial charge in [-0.1, -0.05) is 69.4 Å². The van der Waals surface area contributed by atoms with Gasteiger partial charge in [-0.3, -0.25) is 0 Å². The van der Waals surface area contributed by atoms with E-state index in [9.17, 15) is 22.0 Å². The molecule has 3 aromatic rings. The maximum absolute atomic E-state index is 15.2. The molecule has 1 fully saturated rings. The molecule has 0 spiro atoms. The Morgan fingerprint density at radius 3 is 2.12 bits per heavy atom. The number of alkyl halides is 3. The fourth-order valence-electron chi connectivity index (χ4n) is 4.95. The van der Waals surface area contributed by atoms with E-state index in [1.165, 1.54) is 38.2 Å². The summed E-state index contributed by atoms with van der Waals surface area (Å²) in [6, 6.07) is 9.72. The number of hydrogen-bond acceptors (Lipinski definition) is 1. The van der Waals surface area contributed by atoms with Gasteiger partial charge in [0.15, 0.2) is 11.6 Å². The van der Waals surface area contributed by atoms with Crippen LogP contribution in [0.5, 0.6) is 5.75 Å². The Bertz CT molecular complexity index is 1140. The first-order valence-corrected chi connectivity index (χ1v) is 11.6. The Balaban J connectivity index is 1.53. The largest absolute Gasteiger partial charge is 0.573 e. The molecule has 182 valence electrons. The highest BCUT2D eigenvalue weighted by atomic mass is 19.4. The van der Waals surface area contributed by atoms with Gasteiger partial charge in [-0.2, -0.15) is 0 Å². The van der Waals surface area contributed by atoms with Crippen LogP contribution >= 0.6 is 0 Å². The molecule has 0 unspecified atom stereocenters. The first-order chi connectivity index (χ1) is 16.1. The Morgan fingerprint density at radius 1 is 0.853 bits per heavy atom. The van der Waals surface area contributed by atoms with E-state index in [4.69, 9.17) is 0 Å². The predicted octanol–water partition coefficient (Wildman–Crippen LogP) is 8.97. The predicted molar refractivity (Wildman–Crippen MR) is 120 cm³/mol. The lowest BCUT2D eigenvalue weighted by Crippen LogP contribution is -2.19. The zero-order chi connectivity index (χ0) is 24.5. The van der Waals surface area contributed by atoms with Crippen LogP contribution < -0.4 is 4.74 Å². The van der Waals surface area contributed by atoms with Crippen molar-refractivity contribution in [2.75, 3.05) is 0 Å². The molecule has 0 radical (unpaired) electrons. The lowest BCUT2D eigenvalue weighted by Gasteiger charge is -2.27. The van der Waals surface area contributed by atoms with Crippen LogP contribution in [0.25, 0.3) is 21.9 Å². The van der Waals surface area contributed by atoms with E-state index in [1.54, 1.807) is 12.1 Å². The topological polar surface area (TPSA) is 9.23 Å². The van der Waals surface area contributed by atoms with Crippen LogP contribution in [0.3, 0.4) is 0 Å². The number of rotatable bonds is 6. The molecule has 0 amide bonds. The van der Waals surface area contributed by atoms with Crippen molar-refractivity contribution < 1.29 is 31.1 Å². The van der Waals surface area contributed by atoms with Crippen LogP contribution in [0.15, 0.2) is 42.5 Å². The first-order valence-electron chi connectivity index (χ1n) is 11.6. The summed E-state index contributed by atoms with van der Waals surface area (Å²) in [6.07, 6.45) is 3.08. The number of aryl methyl sites for hydroxylation is 1. The summed E-state index contributed by atoms with van der Waals surface area (Å²) in [6.45, 7) is 2.25. The summed E-state index contributed by atoms with van der Waals surface area (Å²) < 4.78 is 84.0. The Kier molecular flexibility index (Phi) is 7.10. The van der Waals surface area contributed by atoms with Crippen LogP contribution in [-0.2, 0) is 6.42 Å². The normalized spacial score (nSPS) is 18.9. The van der Waals surface area contributed by atoms with Crippen LogP contribution in [-0.4, -0.2) is 6.36 Å². The third-order valence-corrected chi connectivity index (χ3v) is 6.93. The molecule has 1 aliphatic carbocycles. The minimum atomic E-state index is -5.25. The number of benzene rings is 3. The molecule has 3 aromatic carbocycles. The van der Waals surface area contributed by atoms with Crippen molar-refractivity contribution in [3.05, 3.63) is 65.5 Å². The molecule has 4 rings (SSSR count). The summed E-state index contributed by atoms with van der Waals surface area (Å²) in [4.78, 5) is 0. The fourth-order valence-corrected chi connectivity index (χ4v) is 4.95. The smallest absolute Gasteiger partial charge is 0.399 e. The standard InChI is InChI=1S/C27H26F6O/c1-2-16-3-5-17(6-4-16)7-8-18-9-11-21-19(13-18)10-12-22(25(21)30)20-14-23(28)26(24(29)15-20)34-27(31,32)33/h9-17H,2-8H2,1H3. The third-order valence-electron chi connectivity index (χ3n) is 6.93. The van der Waals surface area contributed by atoms with Gasteiger partial charge in [0.1, 0.15) is 5.82 Å². The van der Waals surface area contributed by atoms with Crippen molar-refractivity contribution in [2.24, 2.45) is 11.8 Å². The summed E-state index contributed by atoms with van der Waals surface area (Å²) in [5, 5.41) is 0.938. The molecule has 0 aliphatic heterocycles. The zero-order valence-electron chi connectivity index (χ0n) is 18.8. The number of ether oxygens (including phenoxy) is 1. The number of halogens is 6. The third kappa shape index (κ3) is 5.50. The second-order valence-corrected chi connectivity index (χ2v) is 9.13. The van der Waals surface area contributed by atoms with Gasteiger partial charge in [0.25, 0.3) is 0 Å². The van der Waals surface area contributed by atoms with Gasteiger partial charge in [0.05, 0.1) is 0 Å². The maximum atomic E-state index is 15.2. The van der Waals surface area contributed by atoms with Gasteiger partial charge >= 0.3 is 6.36 Å². The van der Waals surface area contributed by atoms with E-state index in [0.29, 0.717) is 23.4 Å². The summed E-state index contributed by atoms with van der Waals surface area (Å²) in [5.41, 5.74) is 0.781. The van der Waals surface area contributed by atoms with Crippen molar-refractivity contribution in [3.63, 3.8) is 0 Å². The van der Waals surface area contributed by atoms with Crippen molar-refractivity contribution in [1.29, 1.82) is 0 Å². The second kappa shape index (κ2) is 9.88. The second-order valence-electron chi connectivity index (χ2n) is 9.13. The molecule has 0 aromatic heterocycles. The maximum Gasteiger partial charge on any atom is 0.573 e. The molecule has 0 bridgehead atoms. The van der Waals surface area contributed by atoms with E-state index in [1.807, 2.05) is 12.1 Å². The lowest BCUT2D eigenvalue weighted by atomic mass is 9.78. The van der Waals surface area contributed by atoms with Gasteiger partial charge in [-0.15, -0.1) is 13.2 Å². The monoisotopic (exact) mass is 480 g/mol. The molecule has 0 N–H and O–H groups in total. The molecule has 0 atom stereocenters. The van der Waals surface area contributed by atoms with E-state index in [-0.39, 0.29) is 16.5 Å². The minimum absolute atomic E-state index is 0.107. The van der Waals surface area contributed by atoms with Crippen molar-refractivity contribution in [3.8, 4) is 16.9 Å². The first kappa shape index (κ1) is 24.4. The minimum Gasteiger partial charge on any atom is -0.399 e. The molecule has 0 heterocycles. The van der Waals surface area contributed by atoms with Gasteiger partial charge in [0, 0.05) is 10.9 Å². The van der Waals surface area contributed by atoms with E-state index >= 15 is 4.39 Å². The van der Waals surface area contributed by atoms with Crippen LogP contribution in [0.1, 0.15) is 51.0 Å². The lowest BCUT2D eigenvalue weighted by molar-refractivity contribution is -0.276. The number of fused-ring (bicyclic) bond motifs is 1. The number of hydrogen-bond donors (Lipinski definition) is 0. The molecule has 7 heteroatoms. The summed E-state index contributed by atoms with van der Waals surface area (Å²) >= 11 is 0. The van der Waals surface area contributed by atoms with E-state index < -0.39 is 29.6 Å². The Morgan fingerprint density at radius 2 is 1.50 bits per heavy atom. The van der Waals surface area contributed by atoms with Crippen LogP contribution in [0.4, 0.5) is 26.3 Å². The van der Waals surface area contributed by atoms with Crippen LogP contribution in [0, 0.1) is 29.3 Å². The average molecular weight is 480 g/mol. The molecule has 0 saturated heterocycles. The molecule has 1 saturated carbocycles. The van der Waals surface area contributed by atoms with Crippen LogP contribution in [0.2, 0.25) is 0 Å². The Labute approximate surface area is 194 Å². The molecular formula is C27H26F6O. The van der Waals surface area contributed by atoms with Crippen molar-refractivity contribution >= 4 is 10.8 Å². The molecule has 1 nitrogen and oxygen atoms in total. The highest BCUT2D eigenvalue weighted by Crippen LogP contribution is 2.36. The van der Waals surface area contributed by atoms with E-state index in [0.717, 1.165) is 24.3 Å². The van der Waals surface area contributed by atoms with Crippen molar-refractivity contribution in [1.82, 2.24) is 0 Å². The molecule has 34 heavy (non-hydrogen) atoms. The Hall–Kier alpha value is -2.70. The SMILES string of the molecule is CCC1CCC(CCc2ccc3c(F)c(-c4cc(F)c(OC(F)(F)F)c(F)c4)ccc3c2)CC1. The summed E-state index contributed by atoms with van der Waals surface area (Å²) in [5.74, 6) is -3.81. The molecular weight excluding hydrogens is 454 g/mol. The van der Waals surface area contributed by atoms with Gasteiger partial charge in [0.2, 0.25) is 5.75 Å². The fraction of sp³-hybridized carbons (Fsp3) is 0.407. The van der Waals surface area contributed by atoms with Gasteiger partial charge in [-0.25, -0.2) is 13.2 Å².